The summed E-state index contributed by atoms with van der Waals surface area (Å²) in [5.41, 5.74) is 0.941. The van der Waals surface area contributed by atoms with Gasteiger partial charge in [0.15, 0.2) is 0 Å². The van der Waals surface area contributed by atoms with Crippen molar-refractivity contribution in [3.8, 4) is 0 Å². The van der Waals surface area contributed by atoms with Gasteiger partial charge in [-0.1, -0.05) is 44.2 Å². The predicted octanol–water partition coefficient (Wildman–Crippen LogP) is 4.07. The molecule has 1 aromatic rings. The third kappa shape index (κ3) is 3.58. The van der Waals surface area contributed by atoms with Crippen molar-refractivity contribution in [3.63, 3.8) is 0 Å². The highest BCUT2D eigenvalue weighted by atomic mass is 35.5. The van der Waals surface area contributed by atoms with Gasteiger partial charge in [-0.05, 0) is 25.2 Å². The lowest BCUT2D eigenvalue weighted by molar-refractivity contribution is 0.282. The van der Waals surface area contributed by atoms with Crippen molar-refractivity contribution in [3.05, 3.63) is 17.0 Å². The van der Waals surface area contributed by atoms with Gasteiger partial charge in [-0.25, -0.2) is 9.97 Å². The maximum atomic E-state index is 5.97. The average Bonchev–Trinajstić information content (AvgIpc) is 2.37. The molecule has 1 aromatic heterocycles. The molecule has 1 aliphatic rings. The van der Waals surface area contributed by atoms with Crippen molar-refractivity contribution < 1.29 is 0 Å². The molecule has 0 amide bonds. The number of hydrogen-bond acceptors (Lipinski definition) is 3. The van der Waals surface area contributed by atoms with E-state index in [9.17, 15) is 0 Å². The Hall–Kier alpha value is -0.830. The molecule has 0 unspecified atom stereocenters. The van der Waals surface area contributed by atoms with Crippen molar-refractivity contribution in [1.29, 1.82) is 0 Å². The van der Waals surface area contributed by atoms with Gasteiger partial charge >= 0.3 is 0 Å². The fourth-order valence-electron chi connectivity index (χ4n) is 2.62. The van der Waals surface area contributed by atoms with Crippen molar-refractivity contribution >= 4 is 17.4 Å². The summed E-state index contributed by atoms with van der Waals surface area (Å²) < 4.78 is 0. The molecule has 0 saturated heterocycles. The Morgan fingerprint density at radius 2 is 2.00 bits per heavy atom. The van der Waals surface area contributed by atoms with Crippen LogP contribution in [-0.4, -0.2) is 16.5 Å². The van der Waals surface area contributed by atoms with Crippen LogP contribution in [0.5, 0.6) is 0 Å². The van der Waals surface area contributed by atoms with Crippen LogP contribution < -0.4 is 5.32 Å². The number of nitrogens with zero attached hydrogens (tertiary/aromatic N) is 2. The summed E-state index contributed by atoms with van der Waals surface area (Å²) in [6, 6.07) is 0. The largest absolute Gasteiger partial charge is 0.370 e. The number of aromatic nitrogens is 2. The van der Waals surface area contributed by atoms with Crippen LogP contribution in [0.25, 0.3) is 0 Å². The summed E-state index contributed by atoms with van der Waals surface area (Å²) >= 11 is 5.97. The van der Waals surface area contributed by atoms with Crippen molar-refractivity contribution in [2.24, 2.45) is 11.8 Å². The molecule has 4 heteroatoms. The smallest absolute Gasteiger partial charge is 0.137 e. The maximum Gasteiger partial charge on any atom is 0.137 e. The molecule has 1 N–H and O–H groups in total. The van der Waals surface area contributed by atoms with Gasteiger partial charge in [-0.15, -0.1) is 0 Å². The van der Waals surface area contributed by atoms with Gasteiger partial charge in [0, 0.05) is 12.1 Å². The normalized spacial score (nSPS) is 23.9. The van der Waals surface area contributed by atoms with E-state index in [-0.39, 0.29) is 0 Å². The van der Waals surface area contributed by atoms with Crippen LogP contribution in [-0.2, 0) is 0 Å². The van der Waals surface area contributed by atoms with Crippen LogP contribution in [0.3, 0.4) is 0 Å². The average molecular weight is 268 g/mol. The van der Waals surface area contributed by atoms with E-state index >= 15 is 0 Å². The zero-order valence-corrected chi connectivity index (χ0v) is 12.0. The summed E-state index contributed by atoms with van der Waals surface area (Å²) in [4.78, 5) is 8.19. The van der Waals surface area contributed by atoms with E-state index in [1.807, 2.05) is 6.92 Å². The number of rotatable bonds is 4. The third-order valence-corrected chi connectivity index (χ3v) is 4.38. The van der Waals surface area contributed by atoms with E-state index < -0.39 is 0 Å². The van der Waals surface area contributed by atoms with Gasteiger partial charge in [0.05, 0.1) is 0 Å². The van der Waals surface area contributed by atoms with Crippen molar-refractivity contribution in [2.75, 3.05) is 11.9 Å². The molecular formula is C14H22ClN3. The second-order valence-corrected chi connectivity index (χ2v) is 5.84. The molecule has 0 spiro atoms. The Balaban J connectivity index is 1.77. The first kappa shape index (κ1) is 13.6. The second-order valence-electron chi connectivity index (χ2n) is 5.48. The van der Waals surface area contributed by atoms with Crippen molar-refractivity contribution in [1.82, 2.24) is 9.97 Å². The fourth-order valence-corrected chi connectivity index (χ4v) is 2.75. The lowest BCUT2D eigenvalue weighted by Crippen LogP contribution is -2.16. The number of hydrogen-bond donors (Lipinski definition) is 1. The molecule has 0 aliphatic heterocycles. The molecule has 1 heterocycles. The van der Waals surface area contributed by atoms with Crippen LogP contribution in [0.4, 0.5) is 5.82 Å². The monoisotopic (exact) mass is 267 g/mol. The SMILES string of the molecule is Cc1c(Cl)ncnc1NCCC1CCC(C)CC1. The van der Waals surface area contributed by atoms with E-state index in [4.69, 9.17) is 11.6 Å². The highest BCUT2D eigenvalue weighted by molar-refractivity contribution is 6.30. The zero-order valence-electron chi connectivity index (χ0n) is 11.2. The van der Waals surface area contributed by atoms with E-state index in [0.29, 0.717) is 5.15 Å². The minimum Gasteiger partial charge on any atom is -0.370 e. The standard InChI is InChI=1S/C14H22ClN3/c1-10-3-5-12(6-4-10)7-8-16-14-11(2)13(15)17-9-18-14/h9-10,12H,3-8H2,1-2H3,(H,16,17,18). The Morgan fingerprint density at radius 1 is 1.28 bits per heavy atom. The van der Waals surface area contributed by atoms with Crippen LogP contribution >= 0.6 is 11.6 Å². The molecule has 3 nitrogen and oxygen atoms in total. The Labute approximate surface area is 114 Å². The summed E-state index contributed by atoms with van der Waals surface area (Å²) in [5, 5.41) is 3.92. The van der Waals surface area contributed by atoms with Crippen LogP contribution in [0.1, 0.15) is 44.6 Å². The number of anilines is 1. The first-order chi connectivity index (χ1) is 8.66. The van der Waals surface area contributed by atoms with Gasteiger partial charge in [-0.3, -0.25) is 0 Å². The molecule has 0 atom stereocenters. The Bertz CT molecular complexity index is 387. The molecule has 100 valence electrons. The van der Waals surface area contributed by atoms with Crippen LogP contribution in [0.2, 0.25) is 5.15 Å². The molecule has 2 rings (SSSR count). The summed E-state index contributed by atoms with van der Waals surface area (Å²) in [7, 11) is 0. The molecule has 1 fully saturated rings. The predicted molar refractivity (Wildman–Crippen MR) is 76.0 cm³/mol. The molecular weight excluding hydrogens is 246 g/mol. The lowest BCUT2D eigenvalue weighted by atomic mass is 9.81. The molecule has 0 bridgehead atoms. The van der Waals surface area contributed by atoms with E-state index in [0.717, 1.165) is 29.8 Å². The lowest BCUT2D eigenvalue weighted by Gasteiger charge is -2.26. The minimum absolute atomic E-state index is 0.541. The summed E-state index contributed by atoms with van der Waals surface area (Å²) in [6.45, 7) is 5.29. The third-order valence-electron chi connectivity index (χ3n) is 4.00. The second kappa shape index (κ2) is 6.37. The van der Waals surface area contributed by atoms with E-state index in [1.54, 1.807) is 0 Å². The van der Waals surface area contributed by atoms with Crippen LogP contribution in [0, 0.1) is 18.8 Å². The zero-order chi connectivity index (χ0) is 13.0. The quantitative estimate of drug-likeness (QED) is 0.836. The van der Waals surface area contributed by atoms with Crippen molar-refractivity contribution in [2.45, 2.75) is 46.0 Å². The van der Waals surface area contributed by atoms with E-state index in [1.165, 1.54) is 38.4 Å². The molecule has 0 aromatic carbocycles. The number of halogens is 1. The first-order valence-corrected chi connectivity index (χ1v) is 7.25. The number of nitrogens with one attached hydrogen (secondary N) is 1. The fraction of sp³-hybridized carbons (Fsp3) is 0.714. The maximum absolute atomic E-state index is 5.97. The summed E-state index contributed by atoms with van der Waals surface area (Å²) in [5.74, 6) is 2.68. The van der Waals surface area contributed by atoms with Crippen LogP contribution in [0.15, 0.2) is 6.33 Å². The van der Waals surface area contributed by atoms with Gasteiger partial charge in [0.2, 0.25) is 0 Å². The molecule has 0 radical (unpaired) electrons. The van der Waals surface area contributed by atoms with Gasteiger partial charge in [0.1, 0.15) is 17.3 Å². The first-order valence-electron chi connectivity index (χ1n) is 6.87. The summed E-state index contributed by atoms with van der Waals surface area (Å²) in [6.07, 6.45) is 8.29. The highest BCUT2D eigenvalue weighted by Crippen LogP contribution is 2.30. The Morgan fingerprint density at radius 3 is 2.72 bits per heavy atom. The molecule has 1 aliphatic carbocycles. The molecule has 18 heavy (non-hydrogen) atoms. The van der Waals surface area contributed by atoms with E-state index in [2.05, 4.69) is 22.2 Å². The van der Waals surface area contributed by atoms with Gasteiger partial charge < -0.3 is 5.32 Å². The Kier molecular flexibility index (Phi) is 4.81. The molecule has 1 saturated carbocycles. The minimum atomic E-state index is 0.541. The topological polar surface area (TPSA) is 37.8 Å². The highest BCUT2D eigenvalue weighted by Gasteiger charge is 2.17. The van der Waals surface area contributed by atoms with Gasteiger partial charge in [-0.2, -0.15) is 0 Å². The van der Waals surface area contributed by atoms with Gasteiger partial charge in [0.25, 0.3) is 0 Å².